The van der Waals surface area contributed by atoms with Crippen LogP contribution in [0, 0.1) is 6.92 Å². The fraction of sp³-hybridized carbons (Fsp3) is 0.700. The van der Waals surface area contributed by atoms with Gasteiger partial charge >= 0.3 is 0 Å². The third-order valence-corrected chi connectivity index (χ3v) is 2.69. The highest BCUT2D eigenvalue weighted by Gasteiger charge is 2.15. The molecule has 0 aromatic carbocycles. The van der Waals surface area contributed by atoms with E-state index in [1.54, 1.807) is 11.3 Å². The van der Waals surface area contributed by atoms with Crippen molar-refractivity contribution in [2.45, 2.75) is 46.3 Å². The molecule has 1 heterocycles. The summed E-state index contributed by atoms with van der Waals surface area (Å²) in [7, 11) is 0. The normalized spacial score (nSPS) is 14.4. The molecule has 0 radical (unpaired) electrons. The molecule has 1 unspecified atom stereocenters. The molecule has 0 aliphatic carbocycles. The zero-order chi connectivity index (χ0) is 10.8. The number of aromatic nitrogens is 1. The van der Waals surface area contributed by atoms with Crippen molar-refractivity contribution in [1.82, 2.24) is 10.5 Å². The highest BCUT2D eigenvalue weighted by atomic mass is 32.1. The van der Waals surface area contributed by atoms with Crippen LogP contribution in [0.5, 0.6) is 0 Å². The van der Waals surface area contributed by atoms with Gasteiger partial charge in [-0.1, -0.05) is 0 Å². The minimum Gasteiger partial charge on any atom is -0.295 e. The molecule has 0 aliphatic heterocycles. The monoisotopic (exact) mass is 214 g/mol. The summed E-state index contributed by atoms with van der Waals surface area (Å²) in [6.45, 7) is 10.1. The molecule has 1 N–H and O–H groups in total. The van der Waals surface area contributed by atoms with E-state index in [1.165, 1.54) is 0 Å². The molecule has 80 valence electrons. The maximum atomic E-state index is 5.47. The second-order valence-electron chi connectivity index (χ2n) is 4.38. The Kier molecular flexibility index (Phi) is 3.64. The first-order valence-corrected chi connectivity index (χ1v) is 5.62. The number of thiazole rings is 1. The van der Waals surface area contributed by atoms with Crippen molar-refractivity contribution in [3.8, 4) is 0 Å². The van der Waals surface area contributed by atoms with Gasteiger partial charge in [0, 0.05) is 11.1 Å². The van der Waals surface area contributed by atoms with Gasteiger partial charge in [0.25, 0.3) is 0 Å². The van der Waals surface area contributed by atoms with Crippen LogP contribution in [0.1, 0.15) is 44.4 Å². The smallest absolute Gasteiger partial charge is 0.112 e. The number of hydrogen-bond donors (Lipinski definition) is 1. The molecule has 1 aromatic rings. The van der Waals surface area contributed by atoms with Crippen molar-refractivity contribution in [2.24, 2.45) is 0 Å². The molecule has 0 amide bonds. The van der Waals surface area contributed by atoms with E-state index in [9.17, 15) is 0 Å². The summed E-state index contributed by atoms with van der Waals surface area (Å²) in [6.07, 6.45) is 0. The summed E-state index contributed by atoms with van der Waals surface area (Å²) in [5, 5.41) is 3.11. The van der Waals surface area contributed by atoms with Gasteiger partial charge in [-0.25, -0.2) is 4.98 Å². The van der Waals surface area contributed by atoms with Crippen molar-refractivity contribution >= 4 is 11.3 Å². The van der Waals surface area contributed by atoms with Gasteiger partial charge in [-0.15, -0.1) is 11.3 Å². The Hall–Kier alpha value is -0.450. The Morgan fingerprint density at radius 2 is 2.14 bits per heavy atom. The van der Waals surface area contributed by atoms with E-state index in [0.717, 1.165) is 10.7 Å². The molecule has 4 heteroatoms. The van der Waals surface area contributed by atoms with Gasteiger partial charge in [0.05, 0.1) is 11.6 Å². The average molecular weight is 214 g/mol. The molecule has 0 bridgehead atoms. The van der Waals surface area contributed by atoms with Crippen LogP contribution in [0.4, 0.5) is 0 Å². The van der Waals surface area contributed by atoms with Gasteiger partial charge in [-0.2, -0.15) is 5.48 Å². The van der Waals surface area contributed by atoms with E-state index in [1.807, 2.05) is 40.0 Å². The number of aryl methyl sites for hydroxylation is 1. The van der Waals surface area contributed by atoms with E-state index in [0.29, 0.717) is 0 Å². The molecular formula is C10H18N2OS. The molecule has 3 nitrogen and oxygen atoms in total. The van der Waals surface area contributed by atoms with Crippen molar-refractivity contribution in [3.05, 3.63) is 16.1 Å². The van der Waals surface area contributed by atoms with E-state index in [4.69, 9.17) is 4.84 Å². The van der Waals surface area contributed by atoms with Gasteiger partial charge in [-0.3, -0.25) is 4.84 Å². The lowest BCUT2D eigenvalue weighted by atomic mass is 10.2. The molecule has 1 rings (SSSR count). The number of nitrogens with zero attached hydrogens (tertiary/aromatic N) is 1. The molecule has 14 heavy (non-hydrogen) atoms. The van der Waals surface area contributed by atoms with Crippen molar-refractivity contribution in [1.29, 1.82) is 0 Å². The van der Waals surface area contributed by atoms with Crippen molar-refractivity contribution in [2.75, 3.05) is 0 Å². The number of hydrogen-bond acceptors (Lipinski definition) is 4. The fourth-order valence-electron chi connectivity index (χ4n) is 0.887. The van der Waals surface area contributed by atoms with E-state index in [-0.39, 0.29) is 11.6 Å². The molecule has 0 fully saturated rings. The second-order valence-corrected chi connectivity index (χ2v) is 5.27. The average Bonchev–Trinajstić information content (AvgIpc) is 2.46. The third-order valence-electron chi connectivity index (χ3n) is 1.55. The number of rotatable bonds is 3. The Labute approximate surface area is 89.5 Å². The Bertz CT molecular complexity index is 291. The number of hydroxylamine groups is 1. The largest absolute Gasteiger partial charge is 0.295 e. The van der Waals surface area contributed by atoms with Crippen LogP contribution in [0.3, 0.4) is 0 Å². The summed E-state index contributed by atoms with van der Waals surface area (Å²) in [5.41, 5.74) is 3.90. The Morgan fingerprint density at radius 1 is 1.50 bits per heavy atom. The topological polar surface area (TPSA) is 34.1 Å². The van der Waals surface area contributed by atoms with Crippen LogP contribution in [0.15, 0.2) is 5.38 Å². The molecule has 0 aliphatic rings. The minimum atomic E-state index is -0.166. The van der Waals surface area contributed by atoms with Gasteiger partial charge < -0.3 is 0 Å². The van der Waals surface area contributed by atoms with Gasteiger partial charge in [-0.05, 0) is 34.6 Å². The fourth-order valence-corrected chi connectivity index (χ4v) is 1.68. The van der Waals surface area contributed by atoms with E-state index < -0.39 is 0 Å². The lowest BCUT2D eigenvalue weighted by Gasteiger charge is -2.22. The quantitative estimate of drug-likeness (QED) is 0.786. The van der Waals surface area contributed by atoms with Gasteiger partial charge in [0.15, 0.2) is 0 Å². The lowest BCUT2D eigenvalue weighted by molar-refractivity contribution is -0.0866. The highest BCUT2D eigenvalue weighted by molar-refractivity contribution is 7.09. The maximum Gasteiger partial charge on any atom is 0.112 e. The first-order valence-electron chi connectivity index (χ1n) is 4.74. The van der Waals surface area contributed by atoms with E-state index >= 15 is 0 Å². The molecule has 1 aromatic heterocycles. The van der Waals surface area contributed by atoms with Gasteiger partial charge in [0.1, 0.15) is 5.01 Å². The SMILES string of the molecule is Cc1csc(C(C)NOC(C)(C)C)n1. The van der Waals surface area contributed by atoms with Crippen LogP contribution in [0.25, 0.3) is 0 Å². The predicted molar refractivity (Wildman–Crippen MR) is 59.2 cm³/mol. The lowest BCUT2D eigenvalue weighted by Crippen LogP contribution is -2.30. The summed E-state index contributed by atoms with van der Waals surface area (Å²) in [4.78, 5) is 9.86. The standard InChI is InChI=1S/C10H18N2OS/c1-7-6-14-9(11-7)8(2)12-13-10(3,4)5/h6,8,12H,1-5H3. The van der Waals surface area contributed by atoms with Crippen LogP contribution >= 0.6 is 11.3 Å². The Morgan fingerprint density at radius 3 is 2.57 bits per heavy atom. The predicted octanol–water partition coefficient (Wildman–Crippen LogP) is 2.83. The summed E-state index contributed by atoms with van der Waals surface area (Å²) in [5.74, 6) is 0. The Balaban J connectivity index is 2.47. The summed E-state index contributed by atoms with van der Waals surface area (Å²) >= 11 is 1.65. The van der Waals surface area contributed by atoms with Crippen molar-refractivity contribution in [3.63, 3.8) is 0 Å². The molecule has 1 atom stereocenters. The van der Waals surface area contributed by atoms with Crippen LogP contribution in [-0.2, 0) is 4.84 Å². The molecular weight excluding hydrogens is 196 g/mol. The van der Waals surface area contributed by atoms with Crippen LogP contribution in [0.2, 0.25) is 0 Å². The minimum absolute atomic E-state index is 0.146. The molecule has 0 saturated heterocycles. The number of nitrogens with one attached hydrogen (secondary N) is 1. The summed E-state index contributed by atoms with van der Waals surface area (Å²) < 4.78 is 0. The first-order chi connectivity index (χ1) is 6.38. The molecule has 0 spiro atoms. The van der Waals surface area contributed by atoms with Crippen LogP contribution in [-0.4, -0.2) is 10.6 Å². The zero-order valence-electron chi connectivity index (χ0n) is 9.42. The van der Waals surface area contributed by atoms with Crippen molar-refractivity contribution < 1.29 is 4.84 Å². The van der Waals surface area contributed by atoms with Gasteiger partial charge in [0.2, 0.25) is 0 Å². The molecule has 0 saturated carbocycles. The zero-order valence-corrected chi connectivity index (χ0v) is 10.2. The van der Waals surface area contributed by atoms with E-state index in [2.05, 4.69) is 10.5 Å². The highest BCUT2D eigenvalue weighted by Crippen LogP contribution is 2.18. The third kappa shape index (κ3) is 3.74. The second kappa shape index (κ2) is 4.38. The first kappa shape index (κ1) is 11.6. The van der Waals surface area contributed by atoms with Crippen LogP contribution < -0.4 is 5.48 Å². The summed E-state index contributed by atoms with van der Waals surface area (Å²) in [6, 6.07) is 0.146. The maximum absolute atomic E-state index is 5.47.